The Kier molecular flexibility index (Phi) is 6.04. The predicted molar refractivity (Wildman–Crippen MR) is 115 cm³/mol. The van der Waals surface area contributed by atoms with Crippen molar-refractivity contribution >= 4 is 17.5 Å². The summed E-state index contributed by atoms with van der Waals surface area (Å²) in [4.78, 5) is 16.8. The molecule has 8 heteroatoms. The number of hydrogen-bond donors (Lipinski definition) is 1. The van der Waals surface area contributed by atoms with Gasteiger partial charge in [0.1, 0.15) is 17.5 Å². The van der Waals surface area contributed by atoms with Crippen LogP contribution < -0.4 is 10.1 Å². The van der Waals surface area contributed by atoms with Crippen LogP contribution in [0.15, 0.2) is 75.9 Å². The van der Waals surface area contributed by atoms with Crippen molar-refractivity contribution in [2.24, 2.45) is 5.92 Å². The molecule has 7 nitrogen and oxygen atoms in total. The van der Waals surface area contributed by atoms with Crippen LogP contribution in [0.1, 0.15) is 36.3 Å². The van der Waals surface area contributed by atoms with Crippen LogP contribution in [-0.4, -0.2) is 16.0 Å². The smallest absolute Gasteiger partial charge is 0.287 e. The third kappa shape index (κ3) is 4.95. The molecular formula is C23H20ClN3O4. The third-order valence-corrected chi connectivity index (χ3v) is 4.82. The van der Waals surface area contributed by atoms with Gasteiger partial charge in [-0.2, -0.15) is 4.98 Å². The highest BCUT2D eigenvalue weighted by Crippen LogP contribution is 2.27. The van der Waals surface area contributed by atoms with Crippen LogP contribution in [0.3, 0.4) is 0 Å². The summed E-state index contributed by atoms with van der Waals surface area (Å²) in [5.41, 5.74) is 0.762. The number of nitrogens with one attached hydrogen (secondary N) is 1. The zero-order valence-electron chi connectivity index (χ0n) is 16.9. The van der Waals surface area contributed by atoms with Gasteiger partial charge in [0.2, 0.25) is 11.7 Å². The molecule has 4 rings (SSSR count). The van der Waals surface area contributed by atoms with Gasteiger partial charge in [-0.1, -0.05) is 30.6 Å². The Morgan fingerprint density at radius 3 is 2.32 bits per heavy atom. The van der Waals surface area contributed by atoms with Crippen molar-refractivity contribution in [3.63, 3.8) is 0 Å². The molecule has 0 unspecified atom stereocenters. The molecule has 31 heavy (non-hydrogen) atoms. The van der Waals surface area contributed by atoms with Gasteiger partial charge >= 0.3 is 0 Å². The fourth-order valence-electron chi connectivity index (χ4n) is 2.92. The van der Waals surface area contributed by atoms with Crippen LogP contribution in [0, 0.1) is 5.92 Å². The van der Waals surface area contributed by atoms with E-state index in [4.69, 9.17) is 25.3 Å². The molecule has 0 aliphatic rings. The topological polar surface area (TPSA) is 90.4 Å². The van der Waals surface area contributed by atoms with Crippen LogP contribution in [0.5, 0.6) is 11.5 Å². The van der Waals surface area contributed by atoms with Crippen molar-refractivity contribution in [1.29, 1.82) is 0 Å². The lowest BCUT2D eigenvalue weighted by Crippen LogP contribution is -2.31. The van der Waals surface area contributed by atoms with E-state index in [2.05, 4.69) is 15.5 Å². The largest absolute Gasteiger partial charge is 0.459 e. The Labute approximate surface area is 184 Å². The number of furan rings is 1. The van der Waals surface area contributed by atoms with Crippen molar-refractivity contribution in [2.45, 2.75) is 19.9 Å². The summed E-state index contributed by atoms with van der Waals surface area (Å²) < 4.78 is 16.4. The maximum Gasteiger partial charge on any atom is 0.287 e. The predicted octanol–water partition coefficient (Wildman–Crippen LogP) is 5.90. The Morgan fingerprint density at radius 2 is 1.71 bits per heavy atom. The Balaban J connectivity index is 1.47. The van der Waals surface area contributed by atoms with Crippen LogP contribution in [0.25, 0.3) is 11.4 Å². The number of nitrogens with zero attached hydrogens (tertiary/aromatic N) is 2. The first-order chi connectivity index (χ1) is 15.0. The SMILES string of the molecule is CC(C)[C@@H](NC(=O)c1ccco1)c1nc(-c2ccc(Oc3ccc(Cl)cc3)cc2)no1. The summed E-state index contributed by atoms with van der Waals surface area (Å²) in [6.07, 6.45) is 1.45. The lowest BCUT2D eigenvalue weighted by atomic mass is 10.0. The van der Waals surface area contributed by atoms with Gasteiger partial charge in [0, 0.05) is 10.6 Å². The molecular weight excluding hydrogens is 418 g/mol. The monoisotopic (exact) mass is 437 g/mol. The summed E-state index contributed by atoms with van der Waals surface area (Å²) in [5, 5.41) is 7.60. The van der Waals surface area contributed by atoms with Gasteiger partial charge in [-0.25, -0.2) is 0 Å². The first-order valence-corrected chi connectivity index (χ1v) is 10.1. The number of rotatable bonds is 7. The molecule has 1 N–H and O–H groups in total. The number of hydrogen-bond acceptors (Lipinski definition) is 6. The molecule has 0 saturated carbocycles. The Hall–Kier alpha value is -3.58. The minimum absolute atomic E-state index is 0.0300. The average molecular weight is 438 g/mol. The summed E-state index contributed by atoms with van der Waals surface area (Å²) in [6, 6.07) is 17.2. The quantitative estimate of drug-likeness (QED) is 0.387. The number of carbonyl (C=O) groups is 1. The van der Waals surface area contributed by atoms with Gasteiger partial charge in [0.05, 0.1) is 6.26 Å². The number of halogens is 1. The van der Waals surface area contributed by atoms with Crippen LogP contribution >= 0.6 is 11.6 Å². The first-order valence-electron chi connectivity index (χ1n) is 9.71. The minimum Gasteiger partial charge on any atom is -0.459 e. The van der Waals surface area contributed by atoms with Gasteiger partial charge in [-0.3, -0.25) is 4.79 Å². The highest BCUT2D eigenvalue weighted by Gasteiger charge is 2.26. The van der Waals surface area contributed by atoms with E-state index >= 15 is 0 Å². The van der Waals surface area contributed by atoms with Gasteiger partial charge in [0.25, 0.3) is 5.91 Å². The van der Waals surface area contributed by atoms with Gasteiger partial charge < -0.3 is 19.0 Å². The van der Waals surface area contributed by atoms with Crippen molar-refractivity contribution < 1.29 is 18.5 Å². The number of amides is 1. The van der Waals surface area contributed by atoms with Gasteiger partial charge in [-0.15, -0.1) is 0 Å². The molecule has 2 aromatic heterocycles. The maximum absolute atomic E-state index is 12.4. The number of carbonyl (C=O) groups excluding carboxylic acids is 1. The first kappa shape index (κ1) is 20.7. The standard InChI is InChI=1S/C23H20ClN3O4/c1-14(2)20(25-22(28)19-4-3-13-29-19)23-26-21(27-31-23)15-5-9-17(10-6-15)30-18-11-7-16(24)8-12-18/h3-14,20H,1-2H3,(H,25,28)/t20-/m1/s1. The highest BCUT2D eigenvalue weighted by molar-refractivity contribution is 6.30. The normalized spacial score (nSPS) is 12.0. The van der Waals surface area contributed by atoms with Crippen LogP contribution in [-0.2, 0) is 0 Å². The van der Waals surface area contributed by atoms with E-state index in [0.29, 0.717) is 28.2 Å². The Morgan fingerprint density at radius 1 is 1.03 bits per heavy atom. The van der Waals surface area contributed by atoms with E-state index in [1.54, 1.807) is 36.4 Å². The molecule has 4 aromatic rings. The van der Waals surface area contributed by atoms with E-state index in [0.717, 1.165) is 5.56 Å². The highest BCUT2D eigenvalue weighted by atomic mass is 35.5. The fourth-order valence-corrected chi connectivity index (χ4v) is 3.05. The second-order valence-corrected chi connectivity index (χ2v) is 7.65. The zero-order chi connectivity index (χ0) is 21.8. The average Bonchev–Trinajstić information content (AvgIpc) is 3.46. The molecule has 0 saturated heterocycles. The van der Waals surface area contributed by atoms with E-state index in [-0.39, 0.29) is 17.6 Å². The zero-order valence-corrected chi connectivity index (χ0v) is 17.7. The Bertz CT molecular complexity index is 1140. The van der Waals surface area contributed by atoms with E-state index in [1.807, 2.05) is 38.1 Å². The number of ether oxygens (including phenoxy) is 1. The number of aromatic nitrogens is 2. The van der Waals surface area contributed by atoms with Crippen molar-refractivity contribution in [3.8, 4) is 22.9 Å². The minimum atomic E-state index is -0.452. The van der Waals surface area contributed by atoms with Gasteiger partial charge in [-0.05, 0) is 66.6 Å². The van der Waals surface area contributed by atoms with Gasteiger partial charge in [0.15, 0.2) is 5.76 Å². The summed E-state index contributed by atoms with van der Waals surface area (Å²) in [6.45, 7) is 3.92. The van der Waals surface area contributed by atoms with E-state index < -0.39 is 6.04 Å². The molecule has 1 atom stereocenters. The second-order valence-electron chi connectivity index (χ2n) is 7.21. The maximum atomic E-state index is 12.4. The molecule has 2 aromatic carbocycles. The second kappa shape index (κ2) is 9.06. The lowest BCUT2D eigenvalue weighted by Gasteiger charge is -2.17. The summed E-state index contributed by atoms with van der Waals surface area (Å²) >= 11 is 5.89. The molecule has 0 bridgehead atoms. The van der Waals surface area contributed by atoms with Crippen molar-refractivity contribution in [2.75, 3.05) is 0 Å². The number of benzene rings is 2. The van der Waals surface area contributed by atoms with Crippen LogP contribution in [0.2, 0.25) is 5.02 Å². The molecule has 1 amide bonds. The molecule has 0 spiro atoms. The molecule has 0 radical (unpaired) electrons. The molecule has 158 valence electrons. The van der Waals surface area contributed by atoms with Crippen molar-refractivity contribution in [1.82, 2.24) is 15.5 Å². The fraction of sp³-hybridized carbons (Fsp3) is 0.174. The molecule has 0 aliphatic heterocycles. The van der Waals surface area contributed by atoms with E-state index in [9.17, 15) is 4.79 Å². The summed E-state index contributed by atoms with van der Waals surface area (Å²) in [7, 11) is 0. The van der Waals surface area contributed by atoms with Crippen molar-refractivity contribution in [3.05, 3.63) is 83.6 Å². The van der Waals surface area contributed by atoms with Crippen LogP contribution in [0.4, 0.5) is 0 Å². The molecule has 2 heterocycles. The lowest BCUT2D eigenvalue weighted by molar-refractivity contribution is 0.0885. The molecule has 0 aliphatic carbocycles. The third-order valence-electron chi connectivity index (χ3n) is 4.57. The summed E-state index contributed by atoms with van der Waals surface area (Å²) in [5.74, 6) is 2.01. The molecule has 0 fully saturated rings. The van der Waals surface area contributed by atoms with E-state index in [1.165, 1.54) is 6.26 Å².